The van der Waals surface area contributed by atoms with Gasteiger partial charge in [0, 0.05) is 17.8 Å². The maximum Gasteiger partial charge on any atom is 0.146 e. The molecule has 2 aromatic heterocycles. The Kier molecular flexibility index (Phi) is 5.46. The molecule has 1 spiro atoms. The van der Waals surface area contributed by atoms with Crippen molar-refractivity contribution >= 4 is 16.9 Å². The summed E-state index contributed by atoms with van der Waals surface area (Å²) >= 11 is 0. The van der Waals surface area contributed by atoms with E-state index in [4.69, 9.17) is 10.5 Å². The summed E-state index contributed by atoms with van der Waals surface area (Å²) in [4.78, 5) is 8.99. The molecule has 3 heterocycles. The highest BCUT2D eigenvalue weighted by molar-refractivity contribution is 6.00. The summed E-state index contributed by atoms with van der Waals surface area (Å²) in [7, 11) is 0. The number of aromatic nitrogens is 3. The Morgan fingerprint density at radius 2 is 1.59 bits per heavy atom. The summed E-state index contributed by atoms with van der Waals surface area (Å²) in [6.07, 6.45) is 11.4. The molecule has 174 valence electrons. The van der Waals surface area contributed by atoms with Crippen LogP contribution in [0.25, 0.3) is 22.2 Å². The molecule has 34 heavy (non-hydrogen) atoms. The van der Waals surface area contributed by atoms with Crippen molar-refractivity contribution in [3.8, 4) is 22.6 Å². The normalized spacial score (nSPS) is 18.4. The number of piperidine rings is 1. The van der Waals surface area contributed by atoms with Crippen molar-refractivity contribution in [3.63, 3.8) is 0 Å². The van der Waals surface area contributed by atoms with Gasteiger partial charge in [0.05, 0.1) is 5.39 Å². The molecule has 6 nitrogen and oxygen atoms in total. The van der Waals surface area contributed by atoms with E-state index < -0.39 is 0 Å². The van der Waals surface area contributed by atoms with Crippen molar-refractivity contribution < 1.29 is 4.74 Å². The van der Waals surface area contributed by atoms with Crippen LogP contribution in [0.15, 0.2) is 67.1 Å². The van der Waals surface area contributed by atoms with Crippen molar-refractivity contribution in [1.82, 2.24) is 19.9 Å². The molecule has 1 saturated carbocycles. The van der Waals surface area contributed by atoms with E-state index in [1.165, 1.54) is 38.5 Å². The predicted molar refractivity (Wildman–Crippen MR) is 136 cm³/mol. The number of rotatable bonds is 4. The summed E-state index contributed by atoms with van der Waals surface area (Å²) in [6.45, 7) is 2.32. The Morgan fingerprint density at radius 3 is 2.32 bits per heavy atom. The molecule has 6 rings (SSSR count). The third kappa shape index (κ3) is 3.92. The van der Waals surface area contributed by atoms with Gasteiger partial charge in [-0.3, -0.25) is 0 Å². The highest BCUT2D eigenvalue weighted by Gasteiger charge is 2.37. The van der Waals surface area contributed by atoms with E-state index in [0.717, 1.165) is 46.7 Å². The third-order valence-corrected chi connectivity index (χ3v) is 7.86. The smallest absolute Gasteiger partial charge is 0.146 e. The standard InChI is InChI=1S/C28H31N5O/c29-26-25-24(20-6-8-23(9-7-20)34-22-4-2-1-3-5-22)18-33(27(25)32-19-31-26)21-10-12-28(13-11-21)14-16-30-17-15-28/h1-9,18-19,21,30H,10-17H2,(H2,29,31,32). The number of nitrogen functional groups attached to an aromatic ring is 1. The zero-order valence-corrected chi connectivity index (χ0v) is 19.4. The number of nitrogens with zero attached hydrogens (tertiary/aromatic N) is 3. The number of nitrogens with one attached hydrogen (secondary N) is 1. The number of anilines is 1. The molecular weight excluding hydrogens is 422 g/mol. The van der Waals surface area contributed by atoms with Gasteiger partial charge in [-0.2, -0.15) is 0 Å². The molecule has 4 aromatic rings. The molecule has 0 atom stereocenters. The van der Waals surface area contributed by atoms with Crippen molar-refractivity contribution in [2.75, 3.05) is 18.8 Å². The van der Waals surface area contributed by atoms with Crippen molar-refractivity contribution in [3.05, 3.63) is 67.1 Å². The van der Waals surface area contributed by atoms with Crippen LogP contribution in [0.4, 0.5) is 5.82 Å². The van der Waals surface area contributed by atoms with Gasteiger partial charge in [0.25, 0.3) is 0 Å². The van der Waals surface area contributed by atoms with Crippen LogP contribution in [-0.2, 0) is 0 Å². The average molecular weight is 454 g/mol. The molecule has 2 aliphatic rings. The Hall–Kier alpha value is -3.38. The molecule has 3 N–H and O–H groups in total. The van der Waals surface area contributed by atoms with E-state index in [1.807, 2.05) is 42.5 Å². The summed E-state index contributed by atoms with van der Waals surface area (Å²) < 4.78 is 8.34. The second-order valence-electron chi connectivity index (χ2n) is 9.83. The van der Waals surface area contributed by atoms with Gasteiger partial charge in [-0.15, -0.1) is 0 Å². The molecule has 0 unspecified atom stereocenters. The second-order valence-corrected chi connectivity index (χ2v) is 9.83. The quantitative estimate of drug-likeness (QED) is 0.399. The van der Waals surface area contributed by atoms with Crippen LogP contribution < -0.4 is 15.8 Å². The minimum Gasteiger partial charge on any atom is -0.457 e. The van der Waals surface area contributed by atoms with E-state index in [0.29, 0.717) is 17.3 Å². The van der Waals surface area contributed by atoms with Gasteiger partial charge in [-0.1, -0.05) is 30.3 Å². The molecule has 6 heteroatoms. The SMILES string of the molecule is Nc1ncnc2c1c(-c1ccc(Oc3ccccc3)cc1)cn2C1CCC2(CCNCC2)CC1. The van der Waals surface area contributed by atoms with Gasteiger partial charge in [-0.05, 0) is 86.9 Å². The lowest BCUT2D eigenvalue weighted by atomic mass is 9.67. The number of hydrogen-bond donors (Lipinski definition) is 2. The monoisotopic (exact) mass is 453 g/mol. The van der Waals surface area contributed by atoms with Gasteiger partial charge in [0.15, 0.2) is 0 Å². The summed E-state index contributed by atoms with van der Waals surface area (Å²) in [5.41, 5.74) is 10.0. The highest BCUT2D eigenvalue weighted by Crippen LogP contribution is 2.48. The highest BCUT2D eigenvalue weighted by atomic mass is 16.5. The molecule has 2 aromatic carbocycles. The Labute approximate surface area is 200 Å². The fourth-order valence-electron chi connectivity index (χ4n) is 5.88. The van der Waals surface area contributed by atoms with Crippen LogP contribution in [-0.4, -0.2) is 27.6 Å². The molecule has 1 aliphatic heterocycles. The lowest BCUT2D eigenvalue weighted by Crippen LogP contribution is -2.39. The van der Waals surface area contributed by atoms with E-state index in [1.54, 1.807) is 6.33 Å². The Bertz CT molecular complexity index is 1270. The van der Waals surface area contributed by atoms with E-state index >= 15 is 0 Å². The van der Waals surface area contributed by atoms with Gasteiger partial charge in [0.2, 0.25) is 0 Å². The number of fused-ring (bicyclic) bond motifs is 1. The van der Waals surface area contributed by atoms with Crippen molar-refractivity contribution in [2.24, 2.45) is 5.41 Å². The Morgan fingerprint density at radius 1 is 0.882 bits per heavy atom. The zero-order chi connectivity index (χ0) is 23.0. The van der Waals surface area contributed by atoms with E-state index in [2.05, 4.69) is 38.2 Å². The molecule has 0 amide bonds. The molecule has 1 saturated heterocycles. The molecule has 2 fully saturated rings. The molecular formula is C28H31N5O. The topological polar surface area (TPSA) is 78.0 Å². The van der Waals surface area contributed by atoms with Crippen LogP contribution in [0.5, 0.6) is 11.5 Å². The molecule has 1 aliphatic carbocycles. The summed E-state index contributed by atoms with van der Waals surface area (Å²) in [5, 5.41) is 4.47. The maximum atomic E-state index is 6.39. The fourth-order valence-corrected chi connectivity index (χ4v) is 5.88. The summed E-state index contributed by atoms with van der Waals surface area (Å²) in [6, 6.07) is 18.5. The fraction of sp³-hybridized carbons (Fsp3) is 0.357. The van der Waals surface area contributed by atoms with E-state index in [9.17, 15) is 0 Å². The lowest BCUT2D eigenvalue weighted by molar-refractivity contribution is 0.109. The lowest BCUT2D eigenvalue weighted by Gasteiger charge is -2.43. The number of ether oxygens (including phenoxy) is 1. The minimum atomic E-state index is 0.451. The third-order valence-electron chi connectivity index (χ3n) is 7.86. The molecule has 0 radical (unpaired) electrons. The van der Waals surface area contributed by atoms with Crippen LogP contribution in [0.1, 0.15) is 44.6 Å². The second kappa shape index (κ2) is 8.76. The first-order valence-electron chi connectivity index (χ1n) is 12.4. The zero-order valence-electron chi connectivity index (χ0n) is 19.4. The average Bonchev–Trinajstić information content (AvgIpc) is 3.27. The number of nitrogens with two attached hydrogens (primary N) is 1. The van der Waals surface area contributed by atoms with Gasteiger partial charge in [0.1, 0.15) is 29.3 Å². The van der Waals surface area contributed by atoms with Crippen LogP contribution >= 0.6 is 0 Å². The largest absolute Gasteiger partial charge is 0.457 e. The van der Waals surface area contributed by atoms with Crippen LogP contribution in [0.3, 0.4) is 0 Å². The van der Waals surface area contributed by atoms with E-state index in [-0.39, 0.29) is 0 Å². The summed E-state index contributed by atoms with van der Waals surface area (Å²) in [5.74, 6) is 2.17. The minimum absolute atomic E-state index is 0.451. The predicted octanol–water partition coefficient (Wildman–Crippen LogP) is 5.96. The number of benzene rings is 2. The van der Waals surface area contributed by atoms with Gasteiger partial charge in [-0.25, -0.2) is 9.97 Å². The van der Waals surface area contributed by atoms with Crippen molar-refractivity contribution in [2.45, 2.75) is 44.6 Å². The van der Waals surface area contributed by atoms with Gasteiger partial charge < -0.3 is 20.4 Å². The number of hydrogen-bond acceptors (Lipinski definition) is 5. The first-order valence-corrected chi connectivity index (χ1v) is 12.4. The maximum absolute atomic E-state index is 6.39. The van der Waals surface area contributed by atoms with Crippen LogP contribution in [0.2, 0.25) is 0 Å². The van der Waals surface area contributed by atoms with Gasteiger partial charge >= 0.3 is 0 Å². The first kappa shape index (κ1) is 21.2. The van der Waals surface area contributed by atoms with Crippen molar-refractivity contribution in [1.29, 1.82) is 0 Å². The number of para-hydroxylation sites is 1. The Balaban J connectivity index is 1.30. The first-order chi connectivity index (χ1) is 16.7. The van der Waals surface area contributed by atoms with Crippen LogP contribution in [0, 0.1) is 5.41 Å². The molecule has 0 bridgehead atoms.